The number of ether oxygens (including phenoxy) is 2. The van der Waals surface area contributed by atoms with Crippen LogP contribution >= 0.6 is 0 Å². The largest absolute Gasteiger partial charge is 0.497 e. The second-order valence-corrected chi connectivity index (χ2v) is 8.24. The van der Waals surface area contributed by atoms with Crippen molar-refractivity contribution < 1.29 is 22.7 Å². The fourth-order valence-electron chi connectivity index (χ4n) is 2.61. The molecule has 0 amide bonds. The molecule has 0 aromatic heterocycles. The second-order valence-electron chi connectivity index (χ2n) is 6.35. The van der Waals surface area contributed by atoms with Gasteiger partial charge in [-0.15, -0.1) is 0 Å². The number of esters is 1. The number of hydrogen-bond acceptors (Lipinski definition) is 5. The molecule has 0 saturated carbocycles. The molecule has 0 aliphatic heterocycles. The van der Waals surface area contributed by atoms with Crippen LogP contribution in [0.5, 0.6) is 5.75 Å². The van der Waals surface area contributed by atoms with E-state index in [4.69, 9.17) is 9.47 Å². The summed E-state index contributed by atoms with van der Waals surface area (Å²) in [5.74, 6) is -0.429. The van der Waals surface area contributed by atoms with E-state index >= 15 is 0 Å². The average molecular weight is 419 g/mol. The first-order valence-corrected chi connectivity index (χ1v) is 10.5. The lowest BCUT2D eigenvalue weighted by Crippen LogP contribution is -2.37. The Morgan fingerprint density at radius 3 is 2.17 bits per heavy atom. The number of carbonyl (C=O) groups excluding carboxylic acids is 1. The third-order valence-corrected chi connectivity index (χ3v) is 5.62. The van der Waals surface area contributed by atoms with Gasteiger partial charge in [0.15, 0.2) is 0 Å². The van der Waals surface area contributed by atoms with E-state index in [1.165, 1.54) is 14.1 Å². The van der Waals surface area contributed by atoms with Gasteiger partial charge >= 0.3 is 16.2 Å². The summed E-state index contributed by atoms with van der Waals surface area (Å²) in [6.45, 7) is 1.78. The highest BCUT2D eigenvalue weighted by atomic mass is 32.2. The predicted octanol–water partition coefficient (Wildman–Crippen LogP) is 2.67. The molecular formula is C21H26N2O5S. The Morgan fingerprint density at radius 2 is 1.66 bits per heavy atom. The molecule has 8 heteroatoms. The maximum absolute atomic E-state index is 12.5. The zero-order valence-electron chi connectivity index (χ0n) is 17.0. The third kappa shape index (κ3) is 6.07. The molecule has 2 aromatic rings. The highest BCUT2D eigenvalue weighted by molar-refractivity contribution is 7.87. The standard InChI is InChI=1S/C21H26N2O5S/c1-5-28-21(24)20(22-29(25,26)23(2)3)15-19(16-9-7-6-8-10-16)17-11-13-18(27-4)14-12-17/h6-15,19,22H,5H2,1-4H3/b20-15-/t19-/m0/s1. The number of carbonyl (C=O) groups is 1. The van der Waals surface area contributed by atoms with Crippen LogP contribution in [0.3, 0.4) is 0 Å². The SMILES string of the molecule is CCOC(=O)/C(=C/[C@@H](c1ccccc1)c1ccc(OC)cc1)NS(=O)(=O)N(C)C. The molecular weight excluding hydrogens is 392 g/mol. The van der Waals surface area contributed by atoms with Crippen molar-refractivity contribution in [3.05, 3.63) is 77.5 Å². The van der Waals surface area contributed by atoms with Crippen LogP contribution in [-0.2, 0) is 19.7 Å². The first-order chi connectivity index (χ1) is 13.8. The number of benzene rings is 2. The molecule has 0 bridgehead atoms. The van der Waals surface area contributed by atoms with Gasteiger partial charge in [0.2, 0.25) is 0 Å². The summed E-state index contributed by atoms with van der Waals surface area (Å²) in [4.78, 5) is 12.5. The van der Waals surface area contributed by atoms with E-state index in [0.717, 1.165) is 15.4 Å². The van der Waals surface area contributed by atoms with Crippen LogP contribution in [0.1, 0.15) is 24.0 Å². The summed E-state index contributed by atoms with van der Waals surface area (Å²) < 4.78 is 38.3. The average Bonchev–Trinajstić information content (AvgIpc) is 2.71. The van der Waals surface area contributed by atoms with E-state index in [0.29, 0.717) is 5.75 Å². The Hall–Kier alpha value is -2.84. The van der Waals surface area contributed by atoms with Crippen molar-refractivity contribution >= 4 is 16.2 Å². The van der Waals surface area contributed by atoms with Crippen molar-refractivity contribution in [1.29, 1.82) is 0 Å². The predicted molar refractivity (Wildman–Crippen MR) is 112 cm³/mol. The van der Waals surface area contributed by atoms with Gasteiger partial charge in [-0.3, -0.25) is 4.72 Å². The topological polar surface area (TPSA) is 84.9 Å². The number of rotatable bonds is 9. The van der Waals surface area contributed by atoms with Crippen LogP contribution in [0.15, 0.2) is 66.4 Å². The summed E-state index contributed by atoms with van der Waals surface area (Å²) in [5.41, 5.74) is 1.61. The quantitative estimate of drug-likeness (QED) is 0.500. The maximum Gasteiger partial charge on any atom is 0.355 e. The molecule has 156 valence electrons. The fourth-order valence-corrected chi connectivity index (χ4v) is 3.22. The molecule has 7 nitrogen and oxygen atoms in total. The molecule has 0 unspecified atom stereocenters. The van der Waals surface area contributed by atoms with E-state index in [1.807, 2.05) is 54.6 Å². The van der Waals surface area contributed by atoms with Gasteiger partial charge in [0.25, 0.3) is 0 Å². The Bertz CT molecular complexity index is 939. The van der Waals surface area contributed by atoms with Gasteiger partial charge in [-0.1, -0.05) is 42.5 Å². The Labute approximate surface area is 172 Å². The van der Waals surface area contributed by atoms with E-state index in [1.54, 1.807) is 20.1 Å². The minimum atomic E-state index is -3.89. The summed E-state index contributed by atoms with van der Waals surface area (Å²) >= 11 is 0. The molecule has 2 aromatic carbocycles. The monoisotopic (exact) mass is 418 g/mol. The summed E-state index contributed by atoms with van der Waals surface area (Å²) in [5, 5.41) is 0. The molecule has 0 radical (unpaired) electrons. The highest BCUT2D eigenvalue weighted by Crippen LogP contribution is 2.28. The Balaban J connectivity index is 2.57. The van der Waals surface area contributed by atoms with Crippen molar-refractivity contribution in [2.24, 2.45) is 0 Å². The minimum Gasteiger partial charge on any atom is -0.497 e. The lowest BCUT2D eigenvalue weighted by Gasteiger charge is -2.19. The molecule has 0 aliphatic rings. The lowest BCUT2D eigenvalue weighted by atomic mass is 9.90. The first-order valence-electron chi connectivity index (χ1n) is 9.06. The van der Waals surface area contributed by atoms with E-state index in [-0.39, 0.29) is 18.2 Å². The van der Waals surface area contributed by atoms with Crippen LogP contribution in [-0.4, -0.2) is 46.5 Å². The summed E-state index contributed by atoms with van der Waals surface area (Å²) in [6, 6.07) is 16.8. The normalized spacial score (nSPS) is 13.1. The van der Waals surface area contributed by atoms with Crippen LogP contribution < -0.4 is 9.46 Å². The van der Waals surface area contributed by atoms with Gasteiger partial charge in [-0.2, -0.15) is 12.7 Å². The second kappa shape index (κ2) is 10.1. The molecule has 0 spiro atoms. The van der Waals surface area contributed by atoms with E-state index in [2.05, 4.69) is 4.72 Å². The van der Waals surface area contributed by atoms with Crippen molar-refractivity contribution in [3.63, 3.8) is 0 Å². The molecule has 1 N–H and O–H groups in total. The first kappa shape index (κ1) is 22.4. The molecule has 0 saturated heterocycles. The number of allylic oxidation sites excluding steroid dienone is 1. The van der Waals surface area contributed by atoms with E-state index < -0.39 is 16.2 Å². The van der Waals surface area contributed by atoms with Gasteiger partial charge in [0.05, 0.1) is 13.7 Å². The minimum absolute atomic E-state index is 0.123. The van der Waals surface area contributed by atoms with Crippen LogP contribution in [0, 0.1) is 0 Å². The van der Waals surface area contributed by atoms with Crippen LogP contribution in [0.4, 0.5) is 0 Å². The molecule has 2 rings (SSSR count). The Kier molecular flexibility index (Phi) is 7.81. The zero-order chi connectivity index (χ0) is 21.4. The van der Waals surface area contributed by atoms with Crippen LogP contribution in [0.2, 0.25) is 0 Å². The van der Waals surface area contributed by atoms with Gasteiger partial charge in [0.1, 0.15) is 11.4 Å². The van der Waals surface area contributed by atoms with Gasteiger partial charge in [-0.05, 0) is 36.3 Å². The summed E-state index contributed by atoms with van der Waals surface area (Å²) in [6.07, 6.45) is 1.57. The van der Waals surface area contributed by atoms with Crippen molar-refractivity contribution in [1.82, 2.24) is 9.03 Å². The fraction of sp³-hybridized carbons (Fsp3) is 0.286. The van der Waals surface area contributed by atoms with Crippen LogP contribution in [0.25, 0.3) is 0 Å². The van der Waals surface area contributed by atoms with Crippen molar-refractivity contribution in [2.45, 2.75) is 12.8 Å². The smallest absolute Gasteiger partial charge is 0.355 e. The lowest BCUT2D eigenvalue weighted by molar-refractivity contribution is -0.138. The van der Waals surface area contributed by atoms with Crippen molar-refractivity contribution in [3.8, 4) is 5.75 Å². The summed E-state index contributed by atoms with van der Waals surface area (Å²) in [7, 11) is 0.451. The van der Waals surface area contributed by atoms with Gasteiger partial charge < -0.3 is 9.47 Å². The number of nitrogens with one attached hydrogen (secondary N) is 1. The molecule has 0 heterocycles. The number of nitrogens with zero attached hydrogens (tertiary/aromatic N) is 1. The van der Waals surface area contributed by atoms with E-state index in [9.17, 15) is 13.2 Å². The number of methoxy groups -OCH3 is 1. The third-order valence-electron chi connectivity index (χ3n) is 4.18. The van der Waals surface area contributed by atoms with Gasteiger partial charge in [-0.25, -0.2) is 4.79 Å². The number of hydrogen-bond donors (Lipinski definition) is 1. The highest BCUT2D eigenvalue weighted by Gasteiger charge is 2.23. The molecule has 29 heavy (non-hydrogen) atoms. The zero-order valence-corrected chi connectivity index (χ0v) is 17.8. The molecule has 0 fully saturated rings. The maximum atomic E-state index is 12.5. The molecule has 0 aliphatic carbocycles. The Morgan fingerprint density at radius 1 is 1.07 bits per heavy atom. The van der Waals surface area contributed by atoms with Gasteiger partial charge in [0, 0.05) is 20.0 Å². The van der Waals surface area contributed by atoms with Crippen molar-refractivity contribution in [2.75, 3.05) is 27.8 Å². The molecule has 1 atom stereocenters.